The van der Waals surface area contributed by atoms with Gasteiger partial charge in [-0.05, 0) is 33.1 Å². The van der Waals surface area contributed by atoms with Crippen molar-refractivity contribution in [1.29, 1.82) is 0 Å². The first-order chi connectivity index (χ1) is 7.64. The standard InChI is InChI=1S/C10H20ClO4P/c1-3-14-16(13,15-4-2)10(9-12)7-5-6-8-11/h9,12H,3-8H2,1-2H3/b10-9+. The quantitative estimate of drug-likeness (QED) is 0.297. The predicted molar refractivity (Wildman–Crippen MR) is 66.1 cm³/mol. The summed E-state index contributed by atoms with van der Waals surface area (Å²) in [5.74, 6) is 0.548. The molecule has 0 aliphatic rings. The molecule has 0 fully saturated rings. The van der Waals surface area contributed by atoms with Gasteiger partial charge in [-0.15, -0.1) is 11.6 Å². The van der Waals surface area contributed by atoms with Crippen molar-refractivity contribution < 1.29 is 18.7 Å². The smallest absolute Gasteiger partial charge is 0.360 e. The number of aliphatic hydroxyl groups excluding tert-OH is 1. The average molecular weight is 271 g/mol. The Hall–Kier alpha value is -0.0200. The summed E-state index contributed by atoms with van der Waals surface area (Å²) in [6.45, 7) is 4.03. The molecule has 0 bridgehead atoms. The van der Waals surface area contributed by atoms with Crippen molar-refractivity contribution in [3.05, 3.63) is 11.6 Å². The van der Waals surface area contributed by atoms with E-state index in [4.69, 9.17) is 25.8 Å². The lowest BCUT2D eigenvalue weighted by Gasteiger charge is -2.19. The fraction of sp³-hybridized carbons (Fsp3) is 0.800. The Morgan fingerprint density at radius 1 is 1.31 bits per heavy atom. The summed E-state index contributed by atoms with van der Waals surface area (Å²) in [7, 11) is -3.30. The van der Waals surface area contributed by atoms with E-state index >= 15 is 0 Å². The van der Waals surface area contributed by atoms with Crippen molar-refractivity contribution in [3.8, 4) is 0 Å². The summed E-state index contributed by atoms with van der Waals surface area (Å²) < 4.78 is 22.5. The molecule has 0 aromatic carbocycles. The lowest BCUT2D eigenvalue weighted by atomic mass is 10.2. The molecule has 0 aromatic rings. The number of aliphatic hydroxyl groups is 1. The predicted octanol–water partition coefficient (Wildman–Crippen LogP) is 4.06. The van der Waals surface area contributed by atoms with Gasteiger partial charge in [0.15, 0.2) is 0 Å². The SMILES string of the molecule is CCOP(=O)(OCC)/C(=C/O)CCCCCl. The molecule has 0 aliphatic heterocycles. The molecule has 0 saturated carbocycles. The molecule has 6 heteroatoms. The van der Waals surface area contributed by atoms with E-state index in [1.807, 2.05) is 0 Å². The van der Waals surface area contributed by atoms with Gasteiger partial charge in [0, 0.05) is 5.88 Å². The molecule has 96 valence electrons. The highest BCUT2D eigenvalue weighted by Crippen LogP contribution is 2.57. The van der Waals surface area contributed by atoms with Gasteiger partial charge in [0.25, 0.3) is 0 Å². The maximum atomic E-state index is 12.2. The van der Waals surface area contributed by atoms with Crippen LogP contribution in [0.5, 0.6) is 0 Å². The Bertz CT molecular complexity index is 245. The van der Waals surface area contributed by atoms with Crippen LogP contribution in [0.2, 0.25) is 0 Å². The van der Waals surface area contributed by atoms with Crippen LogP contribution in [0.1, 0.15) is 33.1 Å². The van der Waals surface area contributed by atoms with E-state index < -0.39 is 7.60 Å². The van der Waals surface area contributed by atoms with E-state index in [2.05, 4.69) is 0 Å². The molecule has 0 aromatic heterocycles. The van der Waals surface area contributed by atoms with E-state index in [0.29, 0.717) is 17.6 Å². The lowest BCUT2D eigenvalue weighted by molar-refractivity contribution is 0.224. The lowest BCUT2D eigenvalue weighted by Crippen LogP contribution is -1.99. The fourth-order valence-electron chi connectivity index (χ4n) is 1.22. The summed E-state index contributed by atoms with van der Waals surface area (Å²) in [5, 5.41) is 9.41. The molecular formula is C10H20ClO4P. The van der Waals surface area contributed by atoms with Crippen LogP contribution in [0.4, 0.5) is 0 Å². The number of rotatable bonds is 9. The molecule has 0 saturated heterocycles. The molecule has 0 aliphatic carbocycles. The second-order valence-corrected chi connectivity index (χ2v) is 5.56. The Labute approximate surface area is 102 Å². The first-order valence-electron chi connectivity index (χ1n) is 5.43. The Morgan fingerprint density at radius 3 is 2.25 bits per heavy atom. The van der Waals surface area contributed by atoms with Crippen molar-refractivity contribution in [2.24, 2.45) is 0 Å². The number of hydrogen-bond acceptors (Lipinski definition) is 4. The van der Waals surface area contributed by atoms with Gasteiger partial charge < -0.3 is 14.2 Å². The van der Waals surface area contributed by atoms with Crippen LogP contribution in [0.3, 0.4) is 0 Å². The summed E-state index contributed by atoms with van der Waals surface area (Å²) in [5.41, 5.74) is 0. The normalized spacial score (nSPS) is 13.1. The third-order valence-electron chi connectivity index (χ3n) is 1.92. The van der Waals surface area contributed by atoms with Crippen LogP contribution in [0.15, 0.2) is 11.6 Å². The zero-order valence-corrected chi connectivity index (χ0v) is 11.5. The first kappa shape index (κ1) is 16.0. The van der Waals surface area contributed by atoms with E-state index in [9.17, 15) is 4.57 Å². The Balaban J connectivity index is 4.53. The zero-order valence-electron chi connectivity index (χ0n) is 9.82. The molecule has 0 unspecified atom stereocenters. The molecule has 0 radical (unpaired) electrons. The number of unbranched alkanes of at least 4 members (excludes halogenated alkanes) is 1. The zero-order chi connectivity index (χ0) is 12.4. The van der Waals surface area contributed by atoms with Crippen molar-refractivity contribution in [1.82, 2.24) is 0 Å². The van der Waals surface area contributed by atoms with Crippen LogP contribution >= 0.6 is 19.2 Å². The van der Waals surface area contributed by atoms with E-state index in [1.165, 1.54) is 0 Å². The topological polar surface area (TPSA) is 55.8 Å². The molecule has 16 heavy (non-hydrogen) atoms. The number of hydrogen-bond donors (Lipinski definition) is 1. The van der Waals surface area contributed by atoms with Crippen molar-refractivity contribution in [3.63, 3.8) is 0 Å². The number of halogens is 1. The number of alkyl halides is 1. The van der Waals surface area contributed by atoms with Gasteiger partial charge in [-0.3, -0.25) is 4.57 Å². The highest BCUT2D eigenvalue weighted by Gasteiger charge is 2.29. The van der Waals surface area contributed by atoms with Crippen molar-refractivity contribution >= 4 is 19.2 Å². The van der Waals surface area contributed by atoms with Crippen LogP contribution in [0, 0.1) is 0 Å². The third-order valence-corrected chi connectivity index (χ3v) is 4.42. The molecule has 0 spiro atoms. The van der Waals surface area contributed by atoms with Gasteiger partial charge in [-0.1, -0.05) is 0 Å². The molecule has 0 amide bonds. The van der Waals surface area contributed by atoms with E-state index in [1.54, 1.807) is 13.8 Å². The van der Waals surface area contributed by atoms with Gasteiger partial charge in [0.2, 0.25) is 0 Å². The van der Waals surface area contributed by atoms with Crippen LogP contribution in [-0.2, 0) is 13.6 Å². The fourth-order valence-corrected chi connectivity index (χ4v) is 3.06. The molecule has 0 rings (SSSR count). The number of allylic oxidation sites excluding steroid dienone is 1. The highest BCUT2D eigenvalue weighted by molar-refractivity contribution is 7.58. The Morgan fingerprint density at radius 2 is 1.88 bits per heavy atom. The molecule has 4 nitrogen and oxygen atoms in total. The maximum absolute atomic E-state index is 12.2. The van der Waals surface area contributed by atoms with Crippen molar-refractivity contribution in [2.75, 3.05) is 19.1 Å². The maximum Gasteiger partial charge on any atom is 0.360 e. The van der Waals surface area contributed by atoms with E-state index in [-0.39, 0.29) is 13.2 Å². The van der Waals surface area contributed by atoms with Crippen LogP contribution in [0.25, 0.3) is 0 Å². The minimum Gasteiger partial charge on any atom is -0.515 e. The summed E-state index contributed by atoms with van der Waals surface area (Å²) in [4.78, 5) is 0. The summed E-state index contributed by atoms with van der Waals surface area (Å²) in [6, 6.07) is 0. The highest BCUT2D eigenvalue weighted by atomic mass is 35.5. The molecular weight excluding hydrogens is 251 g/mol. The van der Waals surface area contributed by atoms with Gasteiger partial charge in [-0.2, -0.15) is 0 Å². The van der Waals surface area contributed by atoms with Gasteiger partial charge in [0.1, 0.15) is 0 Å². The van der Waals surface area contributed by atoms with E-state index in [0.717, 1.165) is 19.1 Å². The minimum absolute atomic E-state index is 0.282. The monoisotopic (exact) mass is 270 g/mol. The van der Waals surface area contributed by atoms with Crippen LogP contribution < -0.4 is 0 Å². The second-order valence-electron chi connectivity index (χ2n) is 3.10. The Kier molecular flexibility index (Phi) is 9.04. The van der Waals surface area contributed by atoms with Crippen LogP contribution in [-0.4, -0.2) is 24.2 Å². The van der Waals surface area contributed by atoms with Crippen molar-refractivity contribution in [2.45, 2.75) is 33.1 Å². The second kappa shape index (κ2) is 9.06. The summed E-state index contributed by atoms with van der Waals surface area (Å²) >= 11 is 5.55. The van der Waals surface area contributed by atoms with Gasteiger partial charge >= 0.3 is 7.60 Å². The average Bonchev–Trinajstić information content (AvgIpc) is 2.25. The van der Waals surface area contributed by atoms with Gasteiger partial charge in [-0.25, -0.2) is 0 Å². The molecule has 1 N–H and O–H groups in total. The molecule has 0 atom stereocenters. The van der Waals surface area contributed by atoms with Gasteiger partial charge in [0.05, 0.1) is 24.8 Å². The summed E-state index contributed by atoms with van der Waals surface area (Å²) in [6.07, 6.45) is 2.86. The molecule has 0 heterocycles. The largest absolute Gasteiger partial charge is 0.515 e. The first-order valence-corrected chi connectivity index (χ1v) is 7.51. The third kappa shape index (κ3) is 5.35. The minimum atomic E-state index is -3.30.